The van der Waals surface area contributed by atoms with Crippen LogP contribution in [0.5, 0.6) is 5.75 Å². The number of anilines is 1. The number of aryl methyl sites for hydroxylation is 1. The first-order valence-corrected chi connectivity index (χ1v) is 11.1. The van der Waals surface area contributed by atoms with Gasteiger partial charge in [0.05, 0.1) is 7.11 Å². The molecule has 0 aliphatic heterocycles. The molecule has 0 heterocycles. The molecule has 3 aromatic rings. The topological polar surface area (TPSA) is 84.5 Å². The Labute approximate surface area is 185 Å². The van der Waals surface area contributed by atoms with Crippen LogP contribution in [-0.4, -0.2) is 27.5 Å². The molecular formula is C23H22F2N2O4S. The van der Waals surface area contributed by atoms with Gasteiger partial charge in [-0.05, 0) is 48.7 Å². The number of ether oxygens (including phenoxy) is 1. The summed E-state index contributed by atoms with van der Waals surface area (Å²) in [5.41, 5.74) is 1.40. The number of hydrogen-bond donors (Lipinski definition) is 2. The zero-order valence-electron chi connectivity index (χ0n) is 17.4. The predicted octanol–water partition coefficient (Wildman–Crippen LogP) is 3.81. The number of rotatable bonds is 8. The molecule has 1 atom stereocenters. The van der Waals surface area contributed by atoms with Crippen LogP contribution in [0.15, 0.2) is 71.6 Å². The first kappa shape index (κ1) is 23.4. The summed E-state index contributed by atoms with van der Waals surface area (Å²) in [7, 11) is -2.82. The molecule has 0 radical (unpaired) electrons. The number of nitrogens with one attached hydrogen (secondary N) is 2. The summed E-state index contributed by atoms with van der Waals surface area (Å²) in [6.45, 7) is 1.73. The number of methoxy groups -OCH3 is 1. The highest BCUT2D eigenvalue weighted by molar-refractivity contribution is 7.89. The Morgan fingerprint density at radius 1 is 1.00 bits per heavy atom. The molecule has 3 aromatic carbocycles. The van der Waals surface area contributed by atoms with E-state index in [2.05, 4.69) is 10.0 Å². The number of carbonyl (C=O) groups is 1. The Morgan fingerprint density at radius 2 is 1.72 bits per heavy atom. The van der Waals surface area contributed by atoms with Crippen molar-refractivity contribution in [2.75, 3.05) is 12.4 Å². The highest BCUT2D eigenvalue weighted by Crippen LogP contribution is 2.25. The van der Waals surface area contributed by atoms with Gasteiger partial charge in [0.15, 0.2) is 11.6 Å². The van der Waals surface area contributed by atoms with E-state index < -0.39 is 33.6 Å². The number of benzene rings is 3. The van der Waals surface area contributed by atoms with E-state index in [4.69, 9.17) is 4.74 Å². The standard InChI is InChI=1S/C23H22F2N2O4S/c1-15-8-11-21(31-2)22(12-15)32(29,30)27-20(13-16-6-4-3-5-7-16)23(28)26-17-9-10-18(24)19(25)14-17/h3-12,14,20,27H,13H2,1-2H3,(H,26,28)/t20-/m0/s1. The van der Waals surface area contributed by atoms with E-state index >= 15 is 0 Å². The van der Waals surface area contributed by atoms with Gasteiger partial charge in [-0.1, -0.05) is 36.4 Å². The summed E-state index contributed by atoms with van der Waals surface area (Å²) in [4.78, 5) is 12.8. The average molecular weight is 461 g/mol. The number of hydrogen-bond acceptors (Lipinski definition) is 4. The Morgan fingerprint density at radius 3 is 2.38 bits per heavy atom. The largest absolute Gasteiger partial charge is 0.495 e. The van der Waals surface area contributed by atoms with Gasteiger partial charge in [-0.2, -0.15) is 4.72 Å². The second-order valence-electron chi connectivity index (χ2n) is 7.14. The molecule has 168 valence electrons. The molecule has 0 fully saturated rings. The minimum atomic E-state index is -4.17. The lowest BCUT2D eigenvalue weighted by Crippen LogP contribution is -2.45. The zero-order valence-corrected chi connectivity index (χ0v) is 18.2. The van der Waals surface area contributed by atoms with Gasteiger partial charge < -0.3 is 10.1 Å². The molecule has 1 amide bonds. The monoisotopic (exact) mass is 460 g/mol. The highest BCUT2D eigenvalue weighted by Gasteiger charge is 2.28. The van der Waals surface area contributed by atoms with Crippen LogP contribution in [-0.2, 0) is 21.2 Å². The summed E-state index contributed by atoms with van der Waals surface area (Å²) in [5, 5.41) is 2.44. The van der Waals surface area contributed by atoms with Gasteiger partial charge in [-0.25, -0.2) is 17.2 Å². The van der Waals surface area contributed by atoms with Crippen molar-refractivity contribution in [1.82, 2.24) is 4.72 Å². The lowest BCUT2D eigenvalue weighted by molar-refractivity contribution is -0.117. The third-order valence-corrected chi connectivity index (χ3v) is 6.19. The predicted molar refractivity (Wildman–Crippen MR) is 117 cm³/mol. The van der Waals surface area contributed by atoms with Gasteiger partial charge in [-0.15, -0.1) is 0 Å². The Kier molecular flexibility index (Phi) is 7.22. The Bertz CT molecular complexity index is 1220. The number of halogens is 2. The molecule has 2 N–H and O–H groups in total. The fourth-order valence-corrected chi connectivity index (χ4v) is 4.53. The van der Waals surface area contributed by atoms with Gasteiger partial charge in [0.1, 0.15) is 16.7 Å². The van der Waals surface area contributed by atoms with Crippen LogP contribution in [0.3, 0.4) is 0 Å². The fraction of sp³-hybridized carbons (Fsp3) is 0.174. The van der Waals surface area contributed by atoms with Crippen LogP contribution in [0, 0.1) is 18.6 Å². The average Bonchev–Trinajstić information content (AvgIpc) is 2.76. The van der Waals surface area contributed by atoms with E-state index in [-0.39, 0.29) is 22.8 Å². The van der Waals surface area contributed by atoms with Crippen LogP contribution >= 0.6 is 0 Å². The molecule has 0 aromatic heterocycles. The minimum Gasteiger partial charge on any atom is -0.495 e. The molecule has 0 saturated heterocycles. The fourth-order valence-electron chi connectivity index (χ4n) is 3.09. The summed E-state index contributed by atoms with van der Waals surface area (Å²) in [6.07, 6.45) is 0.0315. The maximum Gasteiger partial charge on any atom is 0.245 e. The van der Waals surface area contributed by atoms with E-state index in [1.807, 2.05) is 0 Å². The van der Waals surface area contributed by atoms with Crippen LogP contribution < -0.4 is 14.8 Å². The number of sulfonamides is 1. The molecular weight excluding hydrogens is 438 g/mol. The van der Waals surface area contributed by atoms with E-state index in [9.17, 15) is 22.0 Å². The van der Waals surface area contributed by atoms with Crippen molar-refractivity contribution >= 4 is 21.6 Å². The summed E-state index contributed by atoms with van der Waals surface area (Å²) in [6, 6.07) is 15.1. The second kappa shape index (κ2) is 9.88. The van der Waals surface area contributed by atoms with E-state index in [1.54, 1.807) is 43.3 Å². The quantitative estimate of drug-likeness (QED) is 0.536. The van der Waals surface area contributed by atoms with E-state index in [1.165, 1.54) is 25.3 Å². The molecule has 0 spiro atoms. The maximum absolute atomic E-state index is 13.5. The van der Waals surface area contributed by atoms with Crippen molar-refractivity contribution in [1.29, 1.82) is 0 Å². The van der Waals surface area contributed by atoms with Crippen molar-refractivity contribution in [3.63, 3.8) is 0 Å². The van der Waals surface area contributed by atoms with Crippen molar-refractivity contribution in [3.05, 3.63) is 89.5 Å². The number of amides is 1. The normalized spacial score (nSPS) is 12.2. The van der Waals surface area contributed by atoms with Crippen LogP contribution in [0.4, 0.5) is 14.5 Å². The van der Waals surface area contributed by atoms with Gasteiger partial charge in [0.25, 0.3) is 0 Å². The molecule has 0 aliphatic carbocycles. The number of carbonyl (C=O) groups excluding carboxylic acids is 1. The van der Waals surface area contributed by atoms with Crippen molar-refractivity contribution < 1.29 is 26.7 Å². The maximum atomic E-state index is 13.5. The second-order valence-corrected chi connectivity index (χ2v) is 8.82. The Balaban J connectivity index is 1.92. The third-order valence-electron chi connectivity index (χ3n) is 4.69. The SMILES string of the molecule is COc1ccc(C)cc1S(=O)(=O)N[C@@H](Cc1ccccc1)C(=O)Nc1ccc(F)c(F)c1. The molecule has 0 unspecified atom stereocenters. The Hall–Kier alpha value is -3.30. The van der Waals surface area contributed by atoms with E-state index in [0.29, 0.717) is 11.1 Å². The lowest BCUT2D eigenvalue weighted by atomic mass is 10.1. The molecule has 32 heavy (non-hydrogen) atoms. The van der Waals surface area contributed by atoms with Crippen LogP contribution in [0.1, 0.15) is 11.1 Å². The molecule has 0 saturated carbocycles. The molecule has 0 bridgehead atoms. The smallest absolute Gasteiger partial charge is 0.245 e. The van der Waals surface area contributed by atoms with Crippen LogP contribution in [0.2, 0.25) is 0 Å². The first-order chi connectivity index (χ1) is 15.2. The summed E-state index contributed by atoms with van der Waals surface area (Å²) >= 11 is 0. The van der Waals surface area contributed by atoms with Crippen molar-refractivity contribution in [3.8, 4) is 5.75 Å². The minimum absolute atomic E-state index is 0.000652. The lowest BCUT2D eigenvalue weighted by Gasteiger charge is -2.20. The van der Waals surface area contributed by atoms with Gasteiger partial charge in [-0.3, -0.25) is 4.79 Å². The molecule has 6 nitrogen and oxygen atoms in total. The zero-order chi connectivity index (χ0) is 23.3. The summed E-state index contributed by atoms with van der Waals surface area (Å²) < 4.78 is 60.6. The van der Waals surface area contributed by atoms with Gasteiger partial charge in [0, 0.05) is 11.8 Å². The first-order valence-electron chi connectivity index (χ1n) is 9.66. The van der Waals surface area contributed by atoms with Gasteiger partial charge in [0.2, 0.25) is 15.9 Å². The van der Waals surface area contributed by atoms with E-state index in [0.717, 1.165) is 12.1 Å². The molecule has 3 rings (SSSR count). The molecule has 9 heteroatoms. The van der Waals surface area contributed by atoms with Crippen LogP contribution in [0.25, 0.3) is 0 Å². The van der Waals surface area contributed by atoms with Crippen molar-refractivity contribution in [2.45, 2.75) is 24.3 Å². The third kappa shape index (κ3) is 5.68. The van der Waals surface area contributed by atoms with Gasteiger partial charge >= 0.3 is 0 Å². The summed E-state index contributed by atoms with van der Waals surface area (Å²) in [5.74, 6) is -2.79. The highest BCUT2D eigenvalue weighted by atomic mass is 32.2. The van der Waals surface area contributed by atoms with Crippen molar-refractivity contribution in [2.24, 2.45) is 0 Å². The molecule has 0 aliphatic rings.